The topological polar surface area (TPSA) is 97.7 Å². The predicted molar refractivity (Wildman–Crippen MR) is 154 cm³/mol. The standard InChI is InChI=1S/C33H30N2O4/c1-22(25-9-3-2-4-10-25)35-20-29-17-28-15-24(21-38-31-13-6-5-11-27(31)18-32(36)37)16-30(33(28)39-29)26-12-7-8-23(14-26)19-34/h2-17,35H,1,18-21,34H2,(H,36,37). The van der Waals surface area contributed by atoms with E-state index in [1.807, 2.05) is 72.8 Å². The Morgan fingerprint density at radius 2 is 1.72 bits per heavy atom. The largest absolute Gasteiger partial charge is 0.489 e. The van der Waals surface area contributed by atoms with E-state index in [9.17, 15) is 9.90 Å². The lowest BCUT2D eigenvalue weighted by Gasteiger charge is -2.12. The molecular formula is C33H30N2O4. The second-order valence-electron chi connectivity index (χ2n) is 9.34. The molecule has 0 saturated heterocycles. The highest BCUT2D eigenvalue weighted by molar-refractivity contribution is 5.93. The Hall–Kier alpha value is -4.81. The highest BCUT2D eigenvalue weighted by atomic mass is 16.5. The van der Waals surface area contributed by atoms with Gasteiger partial charge in [-0.05, 0) is 52.6 Å². The molecular weight excluding hydrogens is 488 g/mol. The van der Waals surface area contributed by atoms with Crippen molar-refractivity contribution in [3.05, 3.63) is 132 Å². The van der Waals surface area contributed by atoms with Gasteiger partial charge in [-0.15, -0.1) is 0 Å². The normalized spacial score (nSPS) is 10.9. The third kappa shape index (κ3) is 6.20. The van der Waals surface area contributed by atoms with E-state index in [1.54, 1.807) is 12.1 Å². The first-order chi connectivity index (χ1) is 19.0. The summed E-state index contributed by atoms with van der Waals surface area (Å²) in [5.74, 6) is 0.440. The molecule has 0 spiro atoms. The van der Waals surface area contributed by atoms with Gasteiger partial charge in [0.1, 0.15) is 23.7 Å². The molecule has 0 atom stereocenters. The van der Waals surface area contributed by atoms with E-state index in [1.165, 1.54) is 0 Å². The lowest BCUT2D eigenvalue weighted by Crippen LogP contribution is -2.10. The van der Waals surface area contributed by atoms with Crippen LogP contribution in [0.15, 0.2) is 108 Å². The molecule has 1 heterocycles. The van der Waals surface area contributed by atoms with Gasteiger partial charge in [0.25, 0.3) is 0 Å². The summed E-state index contributed by atoms with van der Waals surface area (Å²) in [5, 5.41) is 13.6. The third-order valence-electron chi connectivity index (χ3n) is 6.51. The molecule has 39 heavy (non-hydrogen) atoms. The number of nitrogens with two attached hydrogens (primary N) is 1. The van der Waals surface area contributed by atoms with Crippen LogP contribution in [-0.4, -0.2) is 11.1 Å². The smallest absolute Gasteiger partial charge is 0.307 e. The highest BCUT2D eigenvalue weighted by Crippen LogP contribution is 2.34. The van der Waals surface area contributed by atoms with Gasteiger partial charge in [-0.3, -0.25) is 4.79 Å². The summed E-state index contributed by atoms with van der Waals surface area (Å²) >= 11 is 0. The van der Waals surface area contributed by atoms with Gasteiger partial charge in [-0.25, -0.2) is 0 Å². The molecule has 0 saturated carbocycles. The molecule has 0 aliphatic heterocycles. The van der Waals surface area contributed by atoms with Crippen LogP contribution >= 0.6 is 0 Å². The fraction of sp³-hybridized carbons (Fsp3) is 0.121. The Balaban J connectivity index is 1.46. The number of nitrogens with one attached hydrogen (secondary N) is 1. The maximum Gasteiger partial charge on any atom is 0.307 e. The highest BCUT2D eigenvalue weighted by Gasteiger charge is 2.15. The maximum atomic E-state index is 11.3. The van der Waals surface area contributed by atoms with Crippen LogP contribution in [0.2, 0.25) is 0 Å². The number of rotatable bonds is 11. The summed E-state index contributed by atoms with van der Waals surface area (Å²) in [4.78, 5) is 11.3. The van der Waals surface area contributed by atoms with Crippen molar-refractivity contribution in [3.8, 4) is 16.9 Å². The van der Waals surface area contributed by atoms with E-state index in [-0.39, 0.29) is 13.0 Å². The molecule has 0 unspecified atom stereocenters. The number of para-hydroxylation sites is 1. The Morgan fingerprint density at radius 1 is 0.923 bits per heavy atom. The van der Waals surface area contributed by atoms with Crippen molar-refractivity contribution in [1.29, 1.82) is 0 Å². The van der Waals surface area contributed by atoms with Crippen LogP contribution in [0.3, 0.4) is 0 Å². The fourth-order valence-corrected chi connectivity index (χ4v) is 4.57. The SMILES string of the molecule is C=C(NCc1cc2cc(COc3ccccc3CC(=O)O)cc(-c3cccc(CN)c3)c2o1)c1ccccc1. The van der Waals surface area contributed by atoms with Crippen molar-refractivity contribution in [2.45, 2.75) is 26.1 Å². The van der Waals surface area contributed by atoms with Crippen molar-refractivity contribution < 1.29 is 19.1 Å². The zero-order valence-corrected chi connectivity index (χ0v) is 21.5. The van der Waals surface area contributed by atoms with Crippen LogP contribution < -0.4 is 15.8 Å². The van der Waals surface area contributed by atoms with Crippen LogP contribution in [0.5, 0.6) is 5.75 Å². The number of furan rings is 1. The summed E-state index contributed by atoms with van der Waals surface area (Å²) in [6.45, 7) is 5.35. The van der Waals surface area contributed by atoms with Gasteiger partial charge in [0.15, 0.2) is 0 Å². The number of benzene rings is 4. The lowest BCUT2D eigenvalue weighted by molar-refractivity contribution is -0.136. The molecule has 6 heteroatoms. The van der Waals surface area contributed by atoms with Gasteiger partial charge < -0.3 is 25.3 Å². The van der Waals surface area contributed by atoms with E-state index < -0.39 is 5.97 Å². The second-order valence-corrected chi connectivity index (χ2v) is 9.34. The number of carboxylic acid groups (broad SMARTS) is 1. The minimum Gasteiger partial charge on any atom is -0.489 e. The molecule has 4 N–H and O–H groups in total. The molecule has 5 rings (SSSR count). The molecule has 196 valence electrons. The van der Waals surface area contributed by atoms with Gasteiger partial charge in [0.2, 0.25) is 0 Å². The number of hydrogen-bond donors (Lipinski definition) is 3. The van der Waals surface area contributed by atoms with Crippen LogP contribution in [0.1, 0.15) is 28.0 Å². The van der Waals surface area contributed by atoms with Gasteiger partial charge in [0.05, 0.1) is 13.0 Å². The van der Waals surface area contributed by atoms with Crippen molar-refractivity contribution in [1.82, 2.24) is 5.32 Å². The number of ether oxygens (including phenoxy) is 1. The van der Waals surface area contributed by atoms with Gasteiger partial charge >= 0.3 is 5.97 Å². The van der Waals surface area contributed by atoms with E-state index in [0.29, 0.717) is 24.4 Å². The van der Waals surface area contributed by atoms with Gasteiger partial charge in [-0.1, -0.05) is 73.3 Å². The van der Waals surface area contributed by atoms with E-state index in [0.717, 1.165) is 50.2 Å². The van der Waals surface area contributed by atoms with Gasteiger partial charge in [0, 0.05) is 28.8 Å². The summed E-state index contributed by atoms with van der Waals surface area (Å²) < 4.78 is 12.5. The van der Waals surface area contributed by atoms with Crippen molar-refractivity contribution >= 4 is 22.6 Å². The number of fused-ring (bicyclic) bond motifs is 1. The molecule has 0 fully saturated rings. The average Bonchev–Trinajstić information content (AvgIpc) is 3.38. The summed E-state index contributed by atoms with van der Waals surface area (Å²) in [6.07, 6.45) is -0.0985. The van der Waals surface area contributed by atoms with Crippen molar-refractivity contribution in [3.63, 3.8) is 0 Å². The second kappa shape index (κ2) is 11.7. The minimum absolute atomic E-state index is 0.0985. The van der Waals surface area contributed by atoms with E-state index >= 15 is 0 Å². The third-order valence-corrected chi connectivity index (χ3v) is 6.51. The van der Waals surface area contributed by atoms with E-state index in [2.05, 4.69) is 24.0 Å². The lowest BCUT2D eigenvalue weighted by atomic mass is 9.99. The Kier molecular flexibility index (Phi) is 7.75. The molecule has 5 aromatic rings. The number of carboxylic acids is 1. The summed E-state index contributed by atoms with van der Waals surface area (Å²) in [5.41, 5.74) is 13.1. The molecule has 0 aliphatic carbocycles. The predicted octanol–water partition coefficient (Wildman–Crippen LogP) is 6.53. The Morgan fingerprint density at radius 3 is 2.51 bits per heavy atom. The number of carbonyl (C=O) groups is 1. The average molecular weight is 519 g/mol. The quantitative estimate of drug-likeness (QED) is 0.184. The molecule has 6 nitrogen and oxygen atoms in total. The first kappa shape index (κ1) is 25.8. The number of hydrogen-bond acceptors (Lipinski definition) is 5. The summed E-state index contributed by atoms with van der Waals surface area (Å²) in [7, 11) is 0. The monoisotopic (exact) mass is 518 g/mol. The van der Waals surface area contributed by atoms with Crippen LogP contribution in [-0.2, 0) is 30.9 Å². The Bertz CT molecular complexity index is 1620. The number of aliphatic carboxylic acids is 1. The first-order valence-corrected chi connectivity index (χ1v) is 12.8. The fourth-order valence-electron chi connectivity index (χ4n) is 4.57. The van der Waals surface area contributed by atoms with Crippen LogP contribution in [0.25, 0.3) is 27.8 Å². The molecule has 1 aromatic heterocycles. The van der Waals surface area contributed by atoms with E-state index in [4.69, 9.17) is 14.9 Å². The molecule has 0 bridgehead atoms. The first-order valence-electron chi connectivity index (χ1n) is 12.8. The summed E-state index contributed by atoms with van der Waals surface area (Å²) in [6, 6.07) is 31.4. The zero-order chi connectivity index (χ0) is 27.2. The van der Waals surface area contributed by atoms with Crippen molar-refractivity contribution in [2.75, 3.05) is 0 Å². The maximum absolute atomic E-state index is 11.3. The molecule has 0 amide bonds. The molecule has 4 aromatic carbocycles. The van der Waals surface area contributed by atoms with Crippen LogP contribution in [0, 0.1) is 0 Å². The molecule has 0 aliphatic rings. The van der Waals surface area contributed by atoms with Gasteiger partial charge in [-0.2, -0.15) is 0 Å². The van der Waals surface area contributed by atoms with Crippen molar-refractivity contribution in [2.24, 2.45) is 5.73 Å². The molecule has 0 radical (unpaired) electrons. The van der Waals surface area contributed by atoms with Crippen LogP contribution in [0.4, 0.5) is 0 Å². The minimum atomic E-state index is -0.899. The zero-order valence-electron chi connectivity index (χ0n) is 21.5. The Labute approximate surface area is 227 Å².